The summed E-state index contributed by atoms with van der Waals surface area (Å²) in [5.74, 6) is 0.611. The molecule has 7 heteroatoms. The quantitative estimate of drug-likeness (QED) is 0.679. The third-order valence-corrected chi connectivity index (χ3v) is 4.05. The Morgan fingerprint density at radius 3 is 2.68 bits per heavy atom. The molecule has 0 saturated carbocycles. The molecule has 0 amide bonds. The van der Waals surface area contributed by atoms with Crippen LogP contribution in [0.3, 0.4) is 0 Å². The van der Waals surface area contributed by atoms with E-state index >= 15 is 0 Å². The van der Waals surface area contributed by atoms with E-state index in [0.717, 1.165) is 9.21 Å². The second-order valence-electron chi connectivity index (χ2n) is 4.07. The smallest absolute Gasteiger partial charge is 0.290 e. The Labute approximate surface area is 119 Å². The fourth-order valence-electron chi connectivity index (χ4n) is 1.68. The Morgan fingerprint density at radius 2 is 2.16 bits per heavy atom. The normalized spacial score (nSPS) is 12.2. The number of hydrogen-bond donors (Lipinski definition) is 1. The SMILES string of the molecule is Cc1nc(NC(C)c2ccc(Cl)s2)ccc1[N+](=O)[O-]. The molecule has 0 aliphatic rings. The molecule has 0 aromatic carbocycles. The predicted octanol–water partition coefficient (Wildman–Crippen LogP) is 4.19. The van der Waals surface area contributed by atoms with E-state index in [4.69, 9.17) is 11.6 Å². The van der Waals surface area contributed by atoms with Crippen LogP contribution in [0.2, 0.25) is 4.34 Å². The van der Waals surface area contributed by atoms with Gasteiger partial charge >= 0.3 is 0 Å². The van der Waals surface area contributed by atoms with Crippen LogP contribution in [0.25, 0.3) is 0 Å². The molecule has 2 rings (SSSR count). The Balaban J connectivity index is 2.15. The molecular weight excluding hydrogens is 286 g/mol. The number of aromatic nitrogens is 1. The lowest BCUT2D eigenvalue weighted by Crippen LogP contribution is -2.07. The van der Waals surface area contributed by atoms with E-state index in [2.05, 4.69) is 10.3 Å². The Kier molecular flexibility index (Phi) is 4.01. The first-order chi connectivity index (χ1) is 8.97. The van der Waals surface area contributed by atoms with Crippen molar-refractivity contribution < 1.29 is 4.92 Å². The van der Waals surface area contributed by atoms with Crippen LogP contribution in [-0.4, -0.2) is 9.91 Å². The first kappa shape index (κ1) is 13.8. The average Bonchev–Trinajstić information content (AvgIpc) is 2.75. The van der Waals surface area contributed by atoms with Gasteiger partial charge in [-0.3, -0.25) is 10.1 Å². The molecule has 2 heterocycles. The molecule has 1 atom stereocenters. The molecule has 1 N–H and O–H groups in total. The molecule has 0 spiro atoms. The Morgan fingerprint density at radius 1 is 1.42 bits per heavy atom. The maximum atomic E-state index is 10.7. The molecule has 2 aromatic heterocycles. The number of nitrogens with zero attached hydrogens (tertiary/aromatic N) is 2. The summed E-state index contributed by atoms with van der Waals surface area (Å²) in [6.07, 6.45) is 0. The van der Waals surface area contributed by atoms with Gasteiger partial charge in [-0.05, 0) is 32.0 Å². The van der Waals surface area contributed by atoms with Crippen LogP contribution in [-0.2, 0) is 0 Å². The highest BCUT2D eigenvalue weighted by atomic mass is 35.5. The van der Waals surface area contributed by atoms with Gasteiger partial charge in [0, 0.05) is 10.9 Å². The molecule has 0 radical (unpaired) electrons. The van der Waals surface area contributed by atoms with Gasteiger partial charge in [0.25, 0.3) is 5.69 Å². The highest BCUT2D eigenvalue weighted by Crippen LogP contribution is 2.29. The number of halogens is 1. The minimum atomic E-state index is -0.436. The average molecular weight is 298 g/mol. The highest BCUT2D eigenvalue weighted by molar-refractivity contribution is 7.16. The number of nitrogens with one attached hydrogen (secondary N) is 1. The van der Waals surface area contributed by atoms with E-state index in [9.17, 15) is 10.1 Å². The third-order valence-electron chi connectivity index (χ3n) is 2.64. The summed E-state index contributed by atoms with van der Waals surface area (Å²) in [6, 6.07) is 6.90. The zero-order valence-electron chi connectivity index (χ0n) is 10.4. The van der Waals surface area contributed by atoms with Crippen molar-refractivity contribution in [1.29, 1.82) is 0 Å². The van der Waals surface area contributed by atoms with Crippen LogP contribution in [0, 0.1) is 17.0 Å². The molecule has 1 unspecified atom stereocenters. The van der Waals surface area contributed by atoms with E-state index in [1.807, 2.05) is 19.1 Å². The maximum absolute atomic E-state index is 10.7. The number of nitro groups is 1. The van der Waals surface area contributed by atoms with E-state index in [1.54, 1.807) is 13.0 Å². The summed E-state index contributed by atoms with van der Waals surface area (Å²) < 4.78 is 0.733. The molecule has 0 bridgehead atoms. The fraction of sp³-hybridized carbons (Fsp3) is 0.250. The van der Waals surface area contributed by atoms with Crippen LogP contribution in [0.4, 0.5) is 11.5 Å². The first-order valence-electron chi connectivity index (χ1n) is 5.61. The number of rotatable bonds is 4. The number of aryl methyl sites for hydroxylation is 1. The van der Waals surface area contributed by atoms with Crippen molar-refractivity contribution in [3.8, 4) is 0 Å². The lowest BCUT2D eigenvalue weighted by atomic mass is 10.2. The van der Waals surface area contributed by atoms with Gasteiger partial charge in [-0.1, -0.05) is 11.6 Å². The molecule has 2 aromatic rings. The zero-order chi connectivity index (χ0) is 14.0. The van der Waals surface area contributed by atoms with Crippen molar-refractivity contribution in [3.63, 3.8) is 0 Å². The first-order valence-corrected chi connectivity index (χ1v) is 6.80. The van der Waals surface area contributed by atoms with Crippen molar-refractivity contribution in [3.05, 3.63) is 49.3 Å². The fourth-order valence-corrected chi connectivity index (χ4v) is 2.74. The molecule has 100 valence electrons. The summed E-state index contributed by atoms with van der Waals surface area (Å²) in [4.78, 5) is 15.5. The largest absolute Gasteiger partial charge is 0.363 e. The Bertz CT molecular complexity index is 615. The van der Waals surface area contributed by atoms with Gasteiger partial charge < -0.3 is 5.32 Å². The molecule has 19 heavy (non-hydrogen) atoms. The van der Waals surface area contributed by atoms with Gasteiger partial charge in [0.05, 0.1) is 15.3 Å². The Hall–Kier alpha value is -1.66. The lowest BCUT2D eigenvalue weighted by Gasteiger charge is -2.13. The lowest BCUT2D eigenvalue weighted by molar-refractivity contribution is -0.385. The van der Waals surface area contributed by atoms with Crippen molar-refractivity contribution >= 4 is 34.4 Å². The van der Waals surface area contributed by atoms with Gasteiger partial charge in [0.15, 0.2) is 0 Å². The predicted molar refractivity (Wildman–Crippen MR) is 77.0 cm³/mol. The standard InChI is InChI=1S/C12H12ClN3O2S/c1-7-9(16(17)18)3-6-12(14-7)15-8(2)10-4-5-11(13)19-10/h3-6,8H,1-2H3,(H,14,15). The van der Waals surface area contributed by atoms with Crippen LogP contribution in [0.15, 0.2) is 24.3 Å². The second-order valence-corrected chi connectivity index (χ2v) is 5.81. The van der Waals surface area contributed by atoms with E-state index in [0.29, 0.717) is 11.5 Å². The topological polar surface area (TPSA) is 68.1 Å². The van der Waals surface area contributed by atoms with Gasteiger partial charge in [-0.2, -0.15) is 0 Å². The molecule has 5 nitrogen and oxygen atoms in total. The summed E-state index contributed by atoms with van der Waals surface area (Å²) in [5.41, 5.74) is 0.420. The van der Waals surface area contributed by atoms with Crippen molar-refractivity contribution in [2.45, 2.75) is 19.9 Å². The minimum absolute atomic E-state index is 0.0253. The van der Waals surface area contributed by atoms with E-state index in [1.165, 1.54) is 17.4 Å². The van der Waals surface area contributed by atoms with E-state index < -0.39 is 4.92 Å². The van der Waals surface area contributed by atoms with Gasteiger partial charge in [0.1, 0.15) is 11.5 Å². The number of anilines is 1. The summed E-state index contributed by atoms with van der Waals surface area (Å²) in [6.45, 7) is 3.61. The number of pyridine rings is 1. The molecular formula is C12H12ClN3O2S. The second kappa shape index (κ2) is 5.54. The summed E-state index contributed by atoms with van der Waals surface area (Å²) >= 11 is 7.38. The molecule has 0 aliphatic heterocycles. The molecule has 0 aliphatic carbocycles. The molecule has 0 fully saturated rings. The van der Waals surface area contributed by atoms with E-state index in [-0.39, 0.29) is 11.7 Å². The van der Waals surface area contributed by atoms with Gasteiger partial charge in [-0.15, -0.1) is 11.3 Å². The minimum Gasteiger partial charge on any atom is -0.363 e. The number of thiophene rings is 1. The van der Waals surface area contributed by atoms with Crippen LogP contribution >= 0.6 is 22.9 Å². The maximum Gasteiger partial charge on any atom is 0.290 e. The van der Waals surface area contributed by atoms with Crippen LogP contribution in [0.1, 0.15) is 23.5 Å². The monoisotopic (exact) mass is 297 g/mol. The van der Waals surface area contributed by atoms with Crippen LogP contribution < -0.4 is 5.32 Å². The molecule has 0 saturated heterocycles. The summed E-state index contributed by atoms with van der Waals surface area (Å²) in [5, 5.41) is 13.9. The third kappa shape index (κ3) is 3.21. The van der Waals surface area contributed by atoms with Crippen LogP contribution in [0.5, 0.6) is 0 Å². The summed E-state index contributed by atoms with van der Waals surface area (Å²) in [7, 11) is 0. The number of hydrogen-bond acceptors (Lipinski definition) is 5. The van der Waals surface area contributed by atoms with Gasteiger partial charge in [-0.25, -0.2) is 4.98 Å². The highest BCUT2D eigenvalue weighted by Gasteiger charge is 2.14. The zero-order valence-corrected chi connectivity index (χ0v) is 12.0. The van der Waals surface area contributed by atoms with Gasteiger partial charge in [0.2, 0.25) is 0 Å². The van der Waals surface area contributed by atoms with Crippen molar-refractivity contribution in [2.24, 2.45) is 0 Å². The van der Waals surface area contributed by atoms with Crippen molar-refractivity contribution in [2.75, 3.05) is 5.32 Å². The van der Waals surface area contributed by atoms with Crippen molar-refractivity contribution in [1.82, 2.24) is 4.98 Å².